The van der Waals surface area contributed by atoms with Crippen molar-refractivity contribution in [3.05, 3.63) is 29.4 Å². The van der Waals surface area contributed by atoms with Crippen LogP contribution in [0.3, 0.4) is 0 Å². The molecule has 4 rings (SSSR count). The van der Waals surface area contributed by atoms with Gasteiger partial charge in [0, 0.05) is 49.4 Å². The molecule has 2 aromatic rings. The van der Waals surface area contributed by atoms with Gasteiger partial charge < -0.3 is 10.2 Å². The van der Waals surface area contributed by atoms with E-state index in [-0.39, 0.29) is 5.91 Å². The molecule has 1 N–H and O–H groups in total. The number of hydrogen-bond acceptors (Lipinski definition) is 6. The van der Waals surface area contributed by atoms with E-state index in [1.165, 1.54) is 43.4 Å². The van der Waals surface area contributed by atoms with Gasteiger partial charge >= 0.3 is 0 Å². The second-order valence-corrected chi connectivity index (χ2v) is 8.63. The number of nitrogens with one attached hydrogen (secondary N) is 1. The summed E-state index contributed by atoms with van der Waals surface area (Å²) in [5.41, 5.74) is 1.46. The van der Waals surface area contributed by atoms with Gasteiger partial charge in [0.25, 0.3) is 5.91 Å². The van der Waals surface area contributed by atoms with Crippen LogP contribution in [-0.2, 0) is 0 Å². The Balaban J connectivity index is 1.31. The lowest BCUT2D eigenvalue weighted by Crippen LogP contribution is -2.42. The lowest BCUT2D eigenvalue weighted by atomic mass is 10.0. The Morgan fingerprint density at radius 1 is 1.21 bits per heavy atom. The maximum Gasteiger partial charge on any atom is 0.270 e. The van der Waals surface area contributed by atoms with E-state index in [4.69, 9.17) is 0 Å². The highest BCUT2D eigenvalue weighted by atomic mass is 32.1. The van der Waals surface area contributed by atoms with Crippen LogP contribution in [0.4, 0.5) is 5.82 Å². The van der Waals surface area contributed by atoms with E-state index >= 15 is 0 Å². The molecule has 4 heterocycles. The van der Waals surface area contributed by atoms with Crippen LogP contribution in [0.2, 0.25) is 0 Å². The first-order valence-corrected chi connectivity index (χ1v) is 11.3. The van der Waals surface area contributed by atoms with Gasteiger partial charge in [-0.3, -0.25) is 9.69 Å². The summed E-state index contributed by atoms with van der Waals surface area (Å²) in [6.45, 7) is 7.16. The molecule has 0 saturated carbocycles. The maximum atomic E-state index is 12.4. The van der Waals surface area contributed by atoms with Crippen molar-refractivity contribution < 1.29 is 4.79 Å². The van der Waals surface area contributed by atoms with E-state index in [2.05, 4.69) is 44.1 Å². The molecule has 0 bridgehead atoms. The van der Waals surface area contributed by atoms with Gasteiger partial charge in [0.05, 0.1) is 0 Å². The van der Waals surface area contributed by atoms with E-state index in [0.717, 1.165) is 42.6 Å². The lowest BCUT2D eigenvalue weighted by Gasteiger charge is -2.33. The highest BCUT2D eigenvalue weighted by molar-refractivity contribution is 7.13. The normalized spacial score (nSPS) is 20.5. The van der Waals surface area contributed by atoms with E-state index in [1.807, 2.05) is 11.6 Å². The standard InChI is InChI=1S/C21H29N5OS/c1-16-6-2-3-10-25(16)13-9-22-20(27)18-15-28-21(24-18)17-7-8-19(23-14-17)26-11-4-5-12-26/h7-8,14-16H,2-6,9-13H2,1H3,(H,22,27)/t16-/m0/s1. The molecule has 0 aliphatic carbocycles. The average Bonchev–Trinajstić information content (AvgIpc) is 3.42. The SMILES string of the molecule is C[C@H]1CCCCN1CCNC(=O)c1csc(-c2ccc(N3CCCC3)nc2)n1. The van der Waals surface area contributed by atoms with Gasteiger partial charge in [-0.25, -0.2) is 9.97 Å². The first-order valence-electron chi connectivity index (χ1n) is 10.4. The van der Waals surface area contributed by atoms with Gasteiger partial charge in [0.2, 0.25) is 0 Å². The third-order valence-corrected chi connectivity index (χ3v) is 6.68. The molecule has 28 heavy (non-hydrogen) atoms. The first kappa shape index (κ1) is 19.3. The van der Waals surface area contributed by atoms with Crippen LogP contribution in [0.1, 0.15) is 49.5 Å². The second kappa shape index (κ2) is 9.01. The Kier molecular flexibility index (Phi) is 6.22. The number of carbonyl (C=O) groups is 1. The molecule has 2 aromatic heterocycles. The minimum atomic E-state index is -0.0891. The molecule has 2 aliphatic rings. The summed E-state index contributed by atoms with van der Waals surface area (Å²) in [7, 11) is 0. The monoisotopic (exact) mass is 399 g/mol. The van der Waals surface area contributed by atoms with Crippen LogP contribution in [0, 0.1) is 0 Å². The zero-order valence-corrected chi connectivity index (χ0v) is 17.4. The number of amides is 1. The van der Waals surface area contributed by atoms with Crippen molar-refractivity contribution in [2.75, 3.05) is 37.6 Å². The third-order valence-electron chi connectivity index (χ3n) is 5.79. The zero-order valence-electron chi connectivity index (χ0n) is 16.6. The largest absolute Gasteiger partial charge is 0.357 e. The molecular weight excluding hydrogens is 370 g/mol. The van der Waals surface area contributed by atoms with Crippen molar-refractivity contribution in [1.29, 1.82) is 0 Å². The Labute approximate surface area is 171 Å². The summed E-state index contributed by atoms with van der Waals surface area (Å²) in [5.74, 6) is 0.941. The van der Waals surface area contributed by atoms with Crippen molar-refractivity contribution in [3.63, 3.8) is 0 Å². The van der Waals surface area contributed by atoms with Crippen LogP contribution in [0.25, 0.3) is 10.6 Å². The molecule has 7 heteroatoms. The minimum Gasteiger partial charge on any atom is -0.357 e. The molecule has 2 fully saturated rings. The van der Waals surface area contributed by atoms with E-state index in [0.29, 0.717) is 18.3 Å². The number of nitrogens with zero attached hydrogens (tertiary/aromatic N) is 4. The highest BCUT2D eigenvalue weighted by Crippen LogP contribution is 2.25. The van der Waals surface area contributed by atoms with E-state index < -0.39 is 0 Å². The Bertz CT molecular complexity index is 784. The molecule has 2 aliphatic heterocycles. The lowest BCUT2D eigenvalue weighted by molar-refractivity contribution is 0.0934. The van der Waals surface area contributed by atoms with Crippen molar-refractivity contribution in [2.24, 2.45) is 0 Å². The van der Waals surface area contributed by atoms with Gasteiger partial charge in [0.15, 0.2) is 0 Å². The number of pyridine rings is 1. The molecule has 0 unspecified atom stereocenters. The molecule has 1 atom stereocenters. The molecule has 0 radical (unpaired) electrons. The van der Waals surface area contributed by atoms with Crippen molar-refractivity contribution >= 4 is 23.1 Å². The molecule has 1 amide bonds. The van der Waals surface area contributed by atoms with Gasteiger partial charge in [-0.05, 0) is 51.3 Å². The number of anilines is 1. The summed E-state index contributed by atoms with van der Waals surface area (Å²) in [5, 5.41) is 5.70. The molecule has 6 nitrogen and oxygen atoms in total. The van der Waals surface area contributed by atoms with Gasteiger partial charge in [0.1, 0.15) is 16.5 Å². The van der Waals surface area contributed by atoms with Crippen molar-refractivity contribution in [1.82, 2.24) is 20.2 Å². The van der Waals surface area contributed by atoms with Crippen LogP contribution in [0.15, 0.2) is 23.7 Å². The van der Waals surface area contributed by atoms with Crippen molar-refractivity contribution in [3.8, 4) is 10.6 Å². The molecule has 0 aromatic carbocycles. The Morgan fingerprint density at radius 2 is 2.04 bits per heavy atom. The molecule has 150 valence electrons. The topological polar surface area (TPSA) is 61.4 Å². The maximum absolute atomic E-state index is 12.4. The van der Waals surface area contributed by atoms with E-state index in [1.54, 1.807) is 0 Å². The molecule has 0 spiro atoms. The van der Waals surface area contributed by atoms with Crippen LogP contribution in [-0.4, -0.2) is 59.5 Å². The number of likely N-dealkylation sites (tertiary alicyclic amines) is 1. The fraction of sp³-hybridized carbons (Fsp3) is 0.571. The quantitative estimate of drug-likeness (QED) is 0.807. The summed E-state index contributed by atoms with van der Waals surface area (Å²) < 4.78 is 0. The second-order valence-electron chi connectivity index (χ2n) is 7.77. The highest BCUT2D eigenvalue weighted by Gasteiger charge is 2.18. The van der Waals surface area contributed by atoms with Crippen LogP contribution < -0.4 is 10.2 Å². The number of piperidine rings is 1. The summed E-state index contributed by atoms with van der Waals surface area (Å²) in [4.78, 5) is 26.3. The fourth-order valence-corrected chi connectivity index (χ4v) is 4.84. The minimum absolute atomic E-state index is 0.0891. The number of rotatable bonds is 6. The zero-order chi connectivity index (χ0) is 19.3. The Morgan fingerprint density at radius 3 is 2.79 bits per heavy atom. The number of hydrogen-bond donors (Lipinski definition) is 1. The Hall–Kier alpha value is -1.99. The molecule has 2 saturated heterocycles. The van der Waals surface area contributed by atoms with Gasteiger partial charge in [-0.2, -0.15) is 0 Å². The molecular formula is C21H29N5OS. The number of thiazole rings is 1. The summed E-state index contributed by atoms with van der Waals surface area (Å²) in [6.07, 6.45) is 8.19. The van der Waals surface area contributed by atoms with E-state index in [9.17, 15) is 4.79 Å². The smallest absolute Gasteiger partial charge is 0.270 e. The van der Waals surface area contributed by atoms with Crippen LogP contribution >= 0.6 is 11.3 Å². The number of carbonyl (C=O) groups excluding carboxylic acids is 1. The van der Waals surface area contributed by atoms with Gasteiger partial charge in [-0.15, -0.1) is 11.3 Å². The third kappa shape index (κ3) is 4.52. The fourth-order valence-electron chi connectivity index (χ4n) is 4.05. The summed E-state index contributed by atoms with van der Waals surface area (Å²) >= 11 is 1.50. The van der Waals surface area contributed by atoms with Crippen LogP contribution in [0.5, 0.6) is 0 Å². The van der Waals surface area contributed by atoms with Crippen molar-refractivity contribution in [2.45, 2.75) is 45.1 Å². The predicted octanol–water partition coefficient (Wildman–Crippen LogP) is 3.41. The first-order chi connectivity index (χ1) is 13.7. The number of aromatic nitrogens is 2. The average molecular weight is 400 g/mol. The predicted molar refractivity (Wildman–Crippen MR) is 114 cm³/mol. The van der Waals surface area contributed by atoms with Gasteiger partial charge in [-0.1, -0.05) is 6.42 Å². The summed E-state index contributed by atoms with van der Waals surface area (Å²) in [6, 6.07) is 4.73.